The Morgan fingerprint density at radius 2 is 1.86 bits per heavy atom. The molecule has 0 saturated heterocycles. The van der Waals surface area contributed by atoms with Crippen molar-refractivity contribution >= 4 is 17.7 Å². The molecule has 2 aromatic carbocycles. The zero-order valence-electron chi connectivity index (χ0n) is 16.8. The summed E-state index contributed by atoms with van der Waals surface area (Å²) >= 11 is 1.45. The quantitative estimate of drug-likeness (QED) is 0.673. The average Bonchev–Trinajstić information content (AvgIpc) is 3.15. The lowest BCUT2D eigenvalue weighted by molar-refractivity contribution is -0.121. The van der Waals surface area contributed by atoms with Crippen LogP contribution in [0.3, 0.4) is 0 Å². The zero-order valence-corrected chi connectivity index (χ0v) is 17.6. The minimum Gasteiger partial charge on any atom is -0.355 e. The maximum absolute atomic E-state index is 13.0. The summed E-state index contributed by atoms with van der Waals surface area (Å²) in [7, 11) is 0. The fourth-order valence-corrected chi connectivity index (χ4v) is 4.36. The third kappa shape index (κ3) is 4.15. The molecule has 0 bridgehead atoms. The molecule has 1 aliphatic heterocycles. The minimum atomic E-state index is -0.336. The van der Waals surface area contributed by atoms with Gasteiger partial charge in [-0.25, -0.2) is 4.68 Å². The van der Waals surface area contributed by atoms with Crippen LogP contribution in [0.2, 0.25) is 0 Å². The van der Waals surface area contributed by atoms with Crippen LogP contribution in [0.15, 0.2) is 59.8 Å². The lowest BCUT2D eigenvalue weighted by atomic mass is 10.0. The molecule has 1 amide bonds. The number of carbonyl (C=O) groups excluding carboxylic acids is 1. The average molecular weight is 408 g/mol. The zero-order chi connectivity index (χ0) is 20.4. The van der Waals surface area contributed by atoms with E-state index < -0.39 is 0 Å². The molecule has 6 nitrogen and oxygen atoms in total. The van der Waals surface area contributed by atoms with E-state index in [1.165, 1.54) is 17.3 Å². The number of nitrogens with one attached hydrogen (secondary N) is 2. The highest BCUT2D eigenvalue weighted by atomic mass is 32.2. The molecule has 0 unspecified atom stereocenters. The van der Waals surface area contributed by atoms with E-state index >= 15 is 0 Å². The summed E-state index contributed by atoms with van der Waals surface area (Å²) in [6.45, 7) is 6.89. The van der Waals surface area contributed by atoms with E-state index in [-0.39, 0.29) is 17.2 Å². The summed E-state index contributed by atoms with van der Waals surface area (Å²) in [6, 6.07) is 18.1. The fourth-order valence-electron chi connectivity index (χ4n) is 3.26. The molecule has 3 aromatic rings. The number of nitrogens with zero attached hydrogens (tertiary/aromatic N) is 3. The van der Waals surface area contributed by atoms with Crippen LogP contribution in [0.1, 0.15) is 31.0 Å². The number of thioether (sulfide) groups is 1. The highest BCUT2D eigenvalue weighted by Crippen LogP contribution is 2.38. The number of rotatable bonds is 5. The number of fused-ring (bicyclic) bond motifs is 1. The summed E-state index contributed by atoms with van der Waals surface area (Å²) in [6.07, 6.45) is 0. The lowest BCUT2D eigenvalue weighted by Gasteiger charge is -2.33. The second kappa shape index (κ2) is 8.29. The predicted octanol–water partition coefficient (Wildman–Crippen LogP) is 3.78. The lowest BCUT2D eigenvalue weighted by Crippen LogP contribution is -2.44. The van der Waals surface area contributed by atoms with Gasteiger partial charge in [-0.3, -0.25) is 4.79 Å². The standard InChI is InChI=1S/C22H25N5OS/c1-14(2)13-23-21(28)19-18(16-11-9-15(3)10-12-16)26-27-20(24-25-22(27)29-19)17-7-5-4-6-8-17/h4-12,14,18-19,26H,13H2,1-3H3,(H,23,28)/t18-,19+/m0/s1. The van der Waals surface area contributed by atoms with Crippen LogP contribution in [0, 0.1) is 12.8 Å². The maximum Gasteiger partial charge on any atom is 0.236 e. The third-order valence-electron chi connectivity index (χ3n) is 4.85. The van der Waals surface area contributed by atoms with Crippen molar-refractivity contribution in [2.45, 2.75) is 37.2 Å². The molecular formula is C22H25N5OS. The van der Waals surface area contributed by atoms with Crippen LogP contribution in [0.4, 0.5) is 0 Å². The van der Waals surface area contributed by atoms with Crippen molar-refractivity contribution in [2.75, 3.05) is 12.0 Å². The number of aromatic nitrogens is 3. The molecule has 1 aromatic heterocycles. The highest BCUT2D eigenvalue weighted by Gasteiger charge is 2.37. The predicted molar refractivity (Wildman–Crippen MR) is 116 cm³/mol. The summed E-state index contributed by atoms with van der Waals surface area (Å²) in [5.74, 6) is 1.15. The number of hydrogen-bond donors (Lipinski definition) is 2. The van der Waals surface area contributed by atoms with Gasteiger partial charge in [-0.15, -0.1) is 10.2 Å². The Balaban J connectivity index is 1.70. The second-order valence-electron chi connectivity index (χ2n) is 7.70. The van der Waals surface area contributed by atoms with E-state index in [4.69, 9.17) is 0 Å². The van der Waals surface area contributed by atoms with Crippen molar-refractivity contribution < 1.29 is 4.79 Å². The van der Waals surface area contributed by atoms with Gasteiger partial charge < -0.3 is 10.7 Å². The van der Waals surface area contributed by atoms with Crippen LogP contribution in [-0.2, 0) is 4.79 Å². The van der Waals surface area contributed by atoms with E-state index in [0.717, 1.165) is 17.0 Å². The molecule has 0 radical (unpaired) electrons. The van der Waals surface area contributed by atoms with Crippen molar-refractivity contribution in [1.82, 2.24) is 20.2 Å². The largest absolute Gasteiger partial charge is 0.355 e. The second-order valence-corrected chi connectivity index (χ2v) is 8.81. The number of amides is 1. The third-order valence-corrected chi connectivity index (χ3v) is 6.06. The number of benzene rings is 2. The molecule has 2 N–H and O–H groups in total. The molecule has 150 valence electrons. The Kier molecular flexibility index (Phi) is 5.58. The molecule has 0 aliphatic carbocycles. The van der Waals surface area contributed by atoms with Crippen LogP contribution >= 0.6 is 11.8 Å². The molecule has 0 spiro atoms. The van der Waals surface area contributed by atoms with Crippen molar-refractivity contribution in [3.63, 3.8) is 0 Å². The van der Waals surface area contributed by atoms with Crippen molar-refractivity contribution in [3.8, 4) is 11.4 Å². The van der Waals surface area contributed by atoms with Crippen molar-refractivity contribution in [2.24, 2.45) is 5.92 Å². The Hall–Kier alpha value is -2.80. The van der Waals surface area contributed by atoms with Crippen LogP contribution in [0.5, 0.6) is 0 Å². The SMILES string of the molecule is Cc1ccc([C@@H]2Nn3c(nnc3-c3ccccc3)S[C@H]2C(=O)NCC(C)C)cc1. The van der Waals surface area contributed by atoms with Gasteiger partial charge in [0.25, 0.3) is 0 Å². The summed E-state index contributed by atoms with van der Waals surface area (Å²) in [5.41, 5.74) is 6.73. The molecule has 0 fully saturated rings. The van der Waals surface area contributed by atoms with Gasteiger partial charge in [-0.1, -0.05) is 85.8 Å². The molecular weight excluding hydrogens is 382 g/mol. The first-order valence-electron chi connectivity index (χ1n) is 9.81. The molecule has 1 aliphatic rings. The molecule has 2 atom stereocenters. The van der Waals surface area contributed by atoms with Gasteiger partial charge >= 0.3 is 0 Å². The van der Waals surface area contributed by atoms with E-state index in [2.05, 4.69) is 66.0 Å². The van der Waals surface area contributed by atoms with Gasteiger partial charge in [-0.2, -0.15) is 0 Å². The van der Waals surface area contributed by atoms with Gasteiger partial charge in [0, 0.05) is 12.1 Å². The molecule has 2 heterocycles. The van der Waals surface area contributed by atoms with Crippen molar-refractivity contribution in [1.29, 1.82) is 0 Å². The molecule has 4 rings (SSSR count). The molecule has 0 saturated carbocycles. The topological polar surface area (TPSA) is 71.8 Å². The van der Waals surface area contributed by atoms with Crippen LogP contribution in [-0.4, -0.2) is 32.6 Å². The van der Waals surface area contributed by atoms with Gasteiger partial charge in [0.1, 0.15) is 5.25 Å². The normalized spacial score (nSPS) is 18.2. The van der Waals surface area contributed by atoms with E-state index in [9.17, 15) is 4.79 Å². The van der Waals surface area contributed by atoms with Crippen LogP contribution < -0.4 is 10.7 Å². The van der Waals surface area contributed by atoms with Gasteiger partial charge in [0.15, 0.2) is 5.82 Å². The maximum atomic E-state index is 13.0. The van der Waals surface area contributed by atoms with Gasteiger partial charge in [-0.05, 0) is 18.4 Å². The smallest absolute Gasteiger partial charge is 0.236 e. The minimum absolute atomic E-state index is 0.0114. The number of carbonyl (C=O) groups is 1. The number of hydrogen-bond acceptors (Lipinski definition) is 5. The number of aryl methyl sites for hydroxylation is 1. The summed E-state index contributed by atoms with van der Waals surface area (Å²) in [5, 5.41) is 12.1. The van der Waals surface area contributed by atoms with E-state index in [0.29, 0.717) is 17.6 Å². The Bertz CT molecular complexity index is 984. The van der Waals surface area contributed by atoms with E-state index in [1.807, 2.05) is 35.0 Å². The summed E-state index contributed by atoms with van der Waals surface area (Å²) < 4.78 is 1.90. The fraction of sp³-hybridized carbons (Fsp3) is 0.318. The molecule has 29 heavy (non-hydrogen) atoms. The summed E-state index contributed by atoms with van der Waals surface area (Å²) in [4.78, 5) is 13.0. The van der Waals surface area contributed by atoms with Crippen LogP contribution in [0.25, 0.3) is 11.4 Å². The first-order valence-corrected chi connectivity index (χ1v) is 10.7. The highest BCUT2D eigenvalue weighted by molar-refractivity contribution is 8.00. The van der Waals surface area contributed by atoms with Crippen molar-refractivity contribution in [3.05, 3.63) is 65.7 Å². The first kappa shape index (κ1) is 19.5. The Morgan fingerprint density at radius 3 is 2.55 bits per heavy atom. The molecule has 7 heteroatoms. The van der Waals surface area contributed by atoms with Gasteiger partial charge in [0.2, 0.25) is 11.1 Å². The van der Waals surface area contributed by atoms with Gasteiger partial charge in [0.05, 0.1) is 6.04 Å². The Morgan fingerprint density at radius 1 is 1.14 bits per heavy atom. The monoisotopic (exact) mass is 407 g/mol. The van der Waals surface area contributed by atoms with E-state index in [1.54, 1.807) is 0 Å². The Labute approximate surface area is 175 Å². The first-order chi connectivity index (χ1) is 14.0.